The number of ether oxygens (including phenoxy) is 1. The molecule has 26 heavy (non-hydrogen) atoms. The molecule has 1 aromatic rings. The van der Waals surface area contributed by atoms with Crippen molar-refractivity contribution in [1.29, 1.82) is 0 Å². The van der Waals surface area contributed by atoms with Crippen LogP contribution < -0.4 is 0 Å². The van der Waals surface area contributed by atoms with Gasteiger partial charge in [0.15, 0.2) is 0 Å². The molecule has 9 heteroatoms. The van der Waals surface area contributed by atoms with Crippen molar-refractivity contribution >= 4 is 15.9 Å². The maximum Gasteiger partial charge on any atom is 0.243 e. The van der Waals surface area contributed by atoms with Crippen LogP contribution in [0.2, 0.25) is 0 Å². The molecule has 1 aromatic carbocycles. The zero-order valence-corrected chi connectivity index (χ0v) is 15.6. The minimum atomic E-state index is -3.77. The number of halogens is 1. The van der Waals surface area contributed by atoms with Gasteiger partial charge in [-0.15, -0.1) is 0 Å². The fraction of sp³-hybridized carbons (Fsp3) is 0.588. The first kappa shape index (κ1) is 19.2. The fourth-order valence-corrected chi connectivity index (χ4v) is 4.96. The number of fused-ring (bicyclic) bond motifs is 1. The molecule has 1 amide bonds. The Morgan fingerprint density at radius 2 is 1.88 bits per heavy atom. The van der Waals surface area contributed by atoms with Crippen LogP contribution in [-0.4, -0.2) is 87.5 Å². The minimum Gasteiger partial charge on any atom is -0.383 e. The number of nitrogens with zero attached hydrogens (tertiary/aromatic N) is 3. The molecule has 2 aliphatic heterocycles. The molecular weight excluding hydrogens is 361 g/mol. The molecular formula is C17H24FN3O4S. The SMILES string of the molecule is COCCN1CCN2CCCN(S(=O)(=O)c3ccc(F)cc3)CC2C1=O. The molecule has 1 atom stereocenters. The number of benzene rings is 1. The molecule has 0 aliphatic carbocycles. The maximum absolute atomic E-state index is 13.1. The van der Waals surface area contributed by atoms with Gasteiger partial charge in [0.25, 0.3) is 0 Å². The third kappa shape index (κ3) is 3.90. The summed E-state index contributed by atoms with van der Waals surface area (Å²) in [6.07, 6.45) is 0.655. The zero-order chi connectivity index (χ0) is 18.7. The highest BCUT2D eigenvalue weighted by Crippen LogP contribution is 2.23. The lowest BCUT2D eigenvalue weighted by Crippen LogP contribution is -2.60. The number of methoxy groups -OCH3 is 1. The van der Waals surface area contributed by atoms with E-state index >= 15 is 0 Å². The first-order valence-corrected chi connectivity index (χ1v) is 10.1. The third-order valence-corrected chi connectivity index (χ3v) is 6.82. The van der Waals surface area contributed by atoms with E-state index in [0.717, 1.165) is 18.7 Å². The first-order valence-electron chi connectivity index (χ1n) is 8.71. The van der Waals surface area contributed by atoms with Gasteiger partial charge in [0.1, 0.15) is 11.9 Å². The number of piperazine rings is 1. The summed E-state index contributed by atoms with van der Waals surface area (Å²) in [6.45, 7) is 3.46. The molecule has 2 heterocycles. The molecule has 2 fully saturated rings. The summed E-state index contributed by atoms with van der Waals surface area (Å²) in [5.74, 6) is -0.545. The maximum atomic E-state index is 13.1. The second kappa shape index (κ2) is 7.99. The van der Waals surface area contributed by atoms with E-state index in [1.54, 1.807) is 12.0 Å². The fourth-order valence-electron chi connectivity index (χ4n) is 3.48. The Bertz CT molecular complexity index is 741. The average molecular weight is 385 g/mol. The number of amides is 1. The number of hydrogen-bond donors (Lipinski definition) is 0. The van der Waals surface area contributed by atoms with Crippen molar-refractivity contribution in [3.8, 4) is 0 Å². The van der Waals surface area contributed by atoms with E-state index < -0.39 is 21.9 Å². The number of carbonyl (C=O) groups excluding carboxylic acids is 1. The zero-order valence-electron chi connectivity index (χ0n) is 14.8. The second-order valence-electron chi connectivity index (χ2n) is 6.54. The molecule has 144 valence electrons. The highest BCUT2D eigenvalue weighted by Gasteiger charge is 2.40. The predicted molar refractivity (Wildman–Crippen MR) is 93.6 cm³/mol. The van der Waals surface area contributed by atoms with Crippen LogP contribution in [0.25, 0.3) is 0 Å². The van der Waals surface area contributed by atoms with Gasteiger partial charge >= 0.3 is 0 Å². The van der Waals surface area contributed by atoms with Crippen molar-refractivity contribution in [1.82, 2.24) is 14.1 Å². The van der Waals surface area contributed by atoms with Gasteiger partial charge in [-0.25, -0.2) is 12.8 Å². The Hall–Kier alpha value is -1.55. The Morgan fingerprint density at radius 1 is 1.15 bits per heavy atom. The summed E-state index contributed by atoms with van der Waals surface area (Å²) >= 11 is 0. The van der Waals surface area contributed by atoms with Gasteiger partial charge in [-0.05, 0) is 30.7 Å². The van der Waals surface area contributed by atoms with E-state index in [-0.39, 0.29) is 17.3 Å². The van der Waals surface area contributed by atoms with Gasteiger partial charge < -0.3 is 9.64 Å². The standard InChI is InChI=1S/C17H24FN3O4S/c1-25-12-11-20-10-9-19-7-2-8-21(13-16(19)17(20)22)26(23,24)15-5-3-14(18)4-6-15/h3-6,16H,2,7-13H2,1H3. The smallest absolute Gasteiger partial charge is 0.243 e. The minimum absolute atomic E-state index is 0.0480. The van der Waals surface area contributed by atoms with E-state index in [0.29, 0.717) is 39.2 Å². The number of rotatable bonds is 5. The van der Waals surface area contributed by atoms with Crippen molar-refractivity contribution in [2.45, 2.75) is 17.4 Å². The van der Waals surface area contributed by atoms with Crippen molar-refractivity contribution in [2.75, 3.05) is 53.0 Å². The highest BCUT2D eigenvalue weighted by molar-refractivity contribution is 7.89. The van der Waals surface area contributed by atoms with Crippen LogP contribution in [0.5, 0.6) is 0 Å². The Kier molecular flexibility index (Phi) is 5.91. The van der Waals surface area contributed by atoms with Gasteiger partial charge in [0.05, 0.1) is 11.5 Å². The van der Waals surface area contributed by atoms with Crippen LogP contribution >= 0.6 is 0 Å². The molecule has 0 radical (unpaired) electrons. The Labute approximate surface area is 153 Å². The summed E-state index contributed by atoms with van der Waals surface area (Å²) in [4.78, 5) is 16.7. The molecule has 0 N–H and O–H groups in total. The summed E-state index contributed by atoms with van der Waals surface area (Å²) in [6, 6.07) is 4.31. The molecule has 0 saturated carbocycles. The van der Waals surface area contributed by atoms with Crippen LogP contribution in [0.3, 0.4) is 0 Å². The molecule has 0 bridgehead atoms. The molecule has 7 nitrogen and oxygen atoms in total. The molecule has 2 saturated heterocycles. The van der Waals surface area contributed by atoms with Crippen LogP contribution in [0.15, 0.2) is 29.2 Å². The van der Waals surface area contributed by atoms with Crippen molar-refractivity contribution in [3.05, 3.63) is 30.1 Å². The number of sulfonamides is 1. The van der Waals surface area contributed by atoms with Crippen molar-refractivity contribution < 1.29 is 22.3 Å². The Morgan fingerprint density at radius 3 is 2.58 bits per heavy atom. The average Bonchev–Trinajstić information content (AvgIpc) is 2.85. The quantitative estimate of drug-likeness (QED) is 0.733. The van der Waals surface area contributed by atoms with Crippen molar-refractivity contribution in [2.24, 2.45) is 0 Å². The van der Waals surface area contributed by atoms with Crippen LogP contribution in [0.1, 0.15) is 6.42 Å². The van der Waals surface area contributed by atoms with E-state index in [9.17, 15) is 17.6 Å². The van der Waals surface area contributed by atoms with E-state index in [4.69, 9.17) is 4.74 Å². The topological polar surface area (TPSA) is 70.2 Å². The second-order valence-corrected chi connectivity index (χ2v) is 8.48. The van der Waals surface area contributed by atoms with Gasteiger partial charge in [-0.1, -0.05) is 0 Å². The first-order chi connectivity index (χ1) is 12.4. The van der Waals surface area contributed by atoms with E-state index in [2.05, 4.69) is 4.90 Å². The van der Waals surface area contributed by atoms with Gasteiger partial charge in [-0.2, -0.15) is 4.31 Å². The van der Waals surface area contributed by atoms with E-state index in [1.165, 1.54) is 16.4 Å². The molecule has 3 rings (SSSR count). The highest BCUT2D eigenvalue weighted by atomic mass is 32.2. The van der Waals surface area contributed by atoms with Gasteiger partial charge in [0, 0.05) is 46.4 Å². The molecule has 0 spiro atoms. The summed E-state index contributed by atoms with van der Waals surface area (Å²) < 4.78 is 45.4. The number of carbonyl (C=O) groups is 1. The summed E-state index contributed by atoms with van der Waals surface area (Å²) in [5, 5.41) is 0. The normalized spacial score (nSPS) is 22.9. The monoisotopic (exact) mass is 385 g/mol. The summed E-state index contributed by atoms with van der Waals surface area (Å²) in [7, 11) is -2.18. The lowest BCUT2D eigenvalue weighted by atomic mass is 10.1. The predicted octanol–water partition coefficient (Wildman–Crippen LogP) is 0.379. The van der Waals surface area contributed by atoms with Gasteiger partial charge in [0.2, 0.25) is 15.9 Å². The van der Waals surface area contributed by atoms with Crippen LogP contribution in [0, 0.1) is 5.82 Å². The largest absolute Gasteiger partial charge is 0.383 e. The third-order valence-electron chi connectivity index (χ3n) is 4.94. The molecule has 1 unspecified atom stereocenters. The van der Waals surface area contributed by atoms with Crippen molar-refractivity contribution in [3.63, 3.8) is 0 Å². The lowest BCUT2D eigenvalue weighted by molar-refractivity contribution is -0.142. The lowest BCUT2D eigenvalue weighted by Gasteiger charge is -2.40. The summed E-state index contributed by atoms with van der Waals surface area (Å²) in [5.41, 5.74) is 0. The molecule has 2 aliphatic rings. The Balaban J connectivity index is 1.80. The van der Waals surface area contributed by atoms with Gasteiger partial charge in [-0.3, -0.25) is 9.69 Å². The van der Waals surface area contributed by atoms with Crippen LogP contribution in [0.4, 0.5) is 4.39 Å². The van der Waals surface area contributed by atoms with Crippen LogP contribution in [-0.2, 0) is 19.6 Å². The number of hydrogen-bond acceptors (Lipinski definition) is 5. The molecule has 0 aromatic heterocycles. The van der Waals surface area contributed by atoms with E-state index in [1.807, 2.05) is 0 Å².